The molecule has 2 nitrogen and oxygen atoms in total. The number of hydrogen-bond donors (Lipinski definition) is 1. The first-order valence-electron chi connectivity index (χ1n) is 12.3. The van der Waals surface area contributed by atoms with Gasteiger partial charge < -0.3 is 10.6 Å². The quantitative estimate of drug-likeness (QED) is 0.299. The molecule has 1 saturated carbocycles. The van der Waals surface area contributed by atoms with E-state index in [2.05, 4.69) is 61.4 Å². The minimum Gasteiger partial charge on any atom is -0.405 e. The number of rotatable bonds is 11. The van der Waals surface area contributed by atoms with Gasteiger partial charge in [-0.1, -0.05) is 76.2 Å². The van der Waals surface area contributed by atoms with Gasteiger partial charge in [-0.2, -0.15) is 0 Å². The average molecular weight is 423 g/mol. The van der Waals surface area contributed by atoms with Crippen molar-refractivity contribution in [2.45, 2.75) is 84.5 Å². The third kappa shape index (κ3) is 12.3. The Labute approximate surface area is 193 Å². The lowest BCUT2D eigenvalue weighted by Crippen LogP contribution is -2.25. The maximum absolute atomic E-state index is 5.09. The van der Waals surface area contributed by atoms with Gasteiger partial charge in [0.15, 0.2) is 0 Å². The van der Waals surface area contributed by atoms with Gasteiger partial charge in [0.1, 0.15) is 0 Å². The molecule has 1 fully saturated rings. The summed E-state index contributed by atoms with van der Waals surface area (Å²) in [7, 11) is 4.09. The van der Waals surface area contributed by atoms with Gasteiger partial charge in [0, 0.05) is 31.8 Å². The highest BCUT2D eigenvalue weighted by Crippen LogP contribution is 2.38. The van der Waals surface area contributed by atoms with Crippen LogP contribution in [-0.4, -0.2) is 19.0 Å². The smallest absolute Gasteiger partial charge is 0.0245 e. The van der Waals surface area contributed by atoms with Crippen molar-refractivity contribution in [3.05, 3.63) is 59.9 Å². The van der Waals surface area contributed by atoms with Gasteiger partial charge in [0.25, 0.3) is 0 Å². The summed E-state index contributed by atoms with van der Waals surface area (Å²) in [5.74, 6) is 8.50. The molecular formula is C29H46N2. The molecule has 0 aliphatic heterocycles. The van der Waals surface area contributed by atoms with Crippen molar-refractivity contribution in [2.24, 2.45) is 17.6 Å². The average Bonchev–Trinajstić information content (AvgIpc) is 2.73. The minimum atomic E-state index is 0.920. The van der Waals surface area contributed by atoms with Crippen LogP contribution in [0, 0.1) is 23.7 Å². The Balaban J connectivity index is 0.000000592. The van der Waals surface area contributed by atoms with E-state index in [9.17, 15) is 0 Å². The molecule has 31 heavy (non-hydrogen) atoms. The summed E-state index contributed by atoms with van der Waals surface area (Å²) >= 11 is 0. The van der Waals surface area contributed by atoms with Gasteiger partial charge in [0.05, 0.1) is 0 Å². The summed E-state index contributed by atoms with van der Waals surface area (Å²) in [6.45, 7) is 8.52. The SMILES string of the molecule is C=C(CCCC#Cc1ccc(CC2CC(CCC)C2)cc1)N(C)C.CCCC/C=C/N. The van der Waals surface area contributed by atoms with Crippen LogP contribution in [0.4, 0.5) is 0 Å². The van der Waals surface area contributed by atoms with E-state index in [1.54, 1.807) is 6.20 Å². The molecule has 0 bridgehead atoms. The molecule has 0 saturated heterocycles. The Morgan fingerprint density at radius 3 is 2.39 bits per heavy atom. The predicted octanol–water partition coefficient (Wildman–Crippen LogP) is 7.30. The van der Waals surface area contributed by atoms with Crippen molar-refractivity contribution in [3.63, 3.8) is 0 Å². The molecule has 0 unspecified atom stereocenters. The molecule has 1 aliphatic rings. The van der Waals surface area contributed by atoms with Crippen molar-refractivity contribution in [3.8, 4) is 11.8 Å². The molecule has 2 rings (SSSR count). The summed E-state index contributed by atoms with van der Waals surface area (Å²) in [5.41, 5.74) is 8.88. The Morgan fingerprint density at radius 2 is 1.81 bits per heavy atom. The minimum absolute atomic E-state index is 0.920. The number of nitrogens with zero attached hydrogens (tertiary/aromatic N) is 1. The van der Waals surface area contributed by atoms with E-state index < -0.39 is 0 Å². The maximum atomic E-state index is 5.09. The van der Waals surface area contributed by atoms with Crippen LogP contribution in [0.5, 0.6) is 0 Å². The zero-order valence-corrected chi connectivity index (χ0v) is 20.6. The second-order valence-corrected chi connectivity index (χ2v) is 9.08. The number of benzene rings is 1. The van der Waals surface area contributed by atoms with Crippen LogP contribution in [0.2, 0.25) is 0 Å². The molecular weight excluding hydrogens is 376 g/mol. The molecule has 0 atom stereocenters. The fraction of sp³-hybridized carbons (Fsp3) is 0.586. The Morgan fingerprint density at radius 1 is 1.10 bits per heavy atom. The van der Waals surface area contributed by atoms with Gasteiger partial charge in [-0.3, -0.25) is 0 Å². The molecule has 2 N–H and O–H groups in total. The van der Waals surface area contributed by atoms with Crippen molar-refractivity contribution >= 4 is 0 Å². The summed E-state index contributed by atoms with van der Waals surface area (Å²) in [6, 6.07) is 8.91. The number of allylic oxidation sites excluding steroid dienone is 2. The van der Waals surface area contributed by atoms with Crippen molar-refractivity contribution in [1.82, 2.24) is 4.90 Å². The topological polar surface area (TPSA) is 29.3 Å². The van der Waals surface area contributed by atoms with E-state index in [4.69, 9.17) is 5.73 Å². The fourth-order valence-corrected chi connectivity index (χ4v) is 3.93. The van der Waals surface area contributed by atoms with E-state index in [0.29, 0.717) is 0 Å². The standard InChI is InChI=1S/C23H33N.C6H13N/c1-5-9-22-17-23(18-22)16-21-14-12-20(13-15-21)11-8-6-7-10-19(2)24(3)4;1-2-3-4-5-6-7/h12-15,22-23H,2,5-7,9-10,16-18H2,1,3-4H3;5-6H,2-4,7H2,1H3/b;6-5+. The van der Waals surface area contributed by atoms with Crippen molar-refractivity contribution in [1.29, 1.82) is 0 Å². The van der Waals surface area contributed by atoms with Crippen LogP contribution >= 0.6 is 0 Å². The molecule has 172 valence electrons. The van der Waals surface area contributed by atoms with Crippen molar-refractivity contribution < 1.29 is 0 Å². The zero-order chi connectivity index (χ0) is 22.9. The number of unbranched alkanes of at least 4 members (excludes halogenated alkanes) is 3. The number of nitrogens with two attached hydrogens (primary N) is 1. The molecule has 1 aromatic rings. The maximum Gasteiger partial charge on any atom is 0.0245 e. The third-order valence-corrected chi connectivity index (χ3v) is 6.00. The Hall–Kier alpha value is -2.14. The van der Waals surface area contributed by atoms with Crippen LogP contribution in [0.3, 0.4) is 0 Å². The molecule has 1 aromatic carbocycles. The first-order valence-corrected chi connectivity index (χ1v) is 12.3. The second-order valence-electron chi connectivity index (χ2n) is 9.08. The summed E-state index contributed by atoms with van der Waals surface area (Å²) < 4.78 is 0. The first-order chi connectivity index (χ1) is 15.0. The van der Waals surface area contributed by atoms with Crippen LogP contribution in [0.1, 0.15) is 89.2 Å². The molecule has 0 heterocycles. The largest absolute Gasteiger partial charge is 0.405 e. The Bertz CT molecular complexity index is 682. The summed E-state index contributed by atoms with van der Waals surface area (Å²) in [6.07, 6.45) is 17.2. The van der Waals surface area contributed by atoms with Crippen molar-refractivity contribution in [2.75, 3.05) is 14.1 Å². The molecule has 0 radical (unpaired) electrons. The van der Waals surface area contributed by atoms with E-state index in [1.807, 2.05) is 20.2 Å². The lowest BCUT2D eigenvalue weighted by molar-refractivity contribution is 0.180. The molecule has 0 spiro atoms. The number of hydrogen-bond acceptors (Lipinski definition) is 2. The highest BCUT2D eigenvalue weighted by molar-refractivity contribution is 5.36. The predicted molar refractivity (Wildman–Crippen MR) is 138 cm³/mol. The second kappa shape index (κ2) is 16.5. The molecule has 2 heteroatoms. The van der Waals surface area contributed by atoms with Gasteiger partial charge in [0.2, 0.25) is 0 Å². The van der Waals surface area contributed by atoms with E-state index >= 15 is 0 Å². The summed E-state index contributed by atoms with van der Waals surface area (Å²) in [4.78, 5) is 2.08. The Kier molecular flexibility index (Phi) is 14.3. The first kappa shape index (κ1) is 26.9. The molecule has 0 aromatic heterocycles. The van der Waals surface area contributed by atoms with Crippen LogP contribution in [0.15, 0.2) is 48.8 Å². The third-order valence-electron chi connectivity index (χ3n) is 6.00. The van der Waals surface area contributed by atoms with Crippen LogP contribution in [0.25, 0.3) is 0 Å². The van der Waals surface area contributed by atoms with Crippen LogP contribution in [-0.2, 0) is 6.42 Å². The van der Waals surface area contributed by atoms with Crippen LogP contribution < -0.4 is 5.73 Å². The molecule has 0 amide bonds. The summed E-state index contributed by atoms with van der Waals surface area (Å²) in [5, 5.41) is 0. The molecule has 1 aliphatic carbocycles. The van der Waals surface area contributed by atoms with Gasteiger partial charge in [-0.15, -0.1) is 0 Å². The highest BCUT2D eigenvalue weighted by atomic mass is 15.1. The monoisotopic (exact) mass is 422 g/mol. The highest BCUT2D eigenvalue weighted by Gasteiger charge is 2.27. The van der Waals surface area contributed by atoms with E-state index in [-0.39, 0.29) is 0 Å². The van der Waals surface area contributed by atoms with Gasteiger partial charge in [-0.05, 0) is 74.3 Å². The van der Waals surface area contributed by atoms with Gasteiger partial charge in [-0.25, -0.2) is 0 Å². The van der Waals surface area contributed by atoms with E-state index in [1.165, 1.54) is 56.2 Å². The normalized spacial score (nSPS) is 17.2. The fourth-order valence-electron chi connectivity index (χ4n) is 3.93. The lowest BCUT2D eigenvalue weighted by Gasteiger charge is -2.35. The van der Waals surface area contributed by atoms with Gasteiger partial charge >= 0.3 is 0 Å². The lowest BCUT2D eigenvalue weighted by atomic mass is 9.70. The zero-order valence-electron chi connectivity index (χ0n) is 20.6. The van der Waals surface area contributed by atoms with E-state index in [0.717, 1.165) is 43.1 Å².